The van der Waals surface area contributed by atoms with Crippen LogP contribution >= 0.6 is 11.3 Å². The minimum Gasteiger partial charge on any atom is -0.309 e. The maximum Gasteiger partial charge on any atom is 0.0775 e. The van der Waals surface area contributed by atoms with Gasteiger partial charge in [0.2, 0.25) is 0 Å². The van der Waals surface area contributed by atoms with Crippen LogP contribution in [-0.2, 0) is 13.1 Å². The van der Waals surface area contributed by atoms with Gasteiger partial charge in [-0.05, 0) is 34.4 Å². The topological polar surface area (TPSA) is 12.0 Å². The number of hydrogen-bond acceptors (Lipinski definition) is 2. The van der Waals surface area contributed by atoms with E-state index in [2.05, 4.69) is 66.9 Å². The summed E-state index contributed by atoms with van der Waals surface area (Å²) in [5.74, 6) is 0. The van der Waals surface area contributed by atoms with Crippen LogP contribution < -0.4 is 10.5 Å². The monoisotopic (exact) mass is 289 g/mol. The number of thiophene rings is 1. The van der Waals surface area contributed by atoms with Gasteiger partial charge in [-0.2, -0.15) is 11.3 Å². The largest absolute Gasteiger partial charge is 0.309 e. The molecule has 1 heterocycles. The maximum absolute atomic E-state index is 3.52. The number of rotatable bonds is 5. The zero-order chi connectivity index (χ0) is 13.9. The summed E-state index contributed by atoms with van der Waals surface area (Å²) in [5.41, 5.74) is 4.19. The predicted octanol–water partition coefficient (Wildman–Crippen LogP) is 3.89. The quantitative estimate of drug-likeness (QED) is 0.823. The summed E-state index contributed by atoms with van der Waals surface area (Å²) < 4.78 is 0. The highest BCUT2D eigenvalue weighted by Crippen LogP contribution is 2.13. The van der Waals surface area contributed by atoms with E-state index in [0.717, 1.165) is 13.1 Å². The first-order chi connectivity index (χ1) is 8.97. The minimum absolute atomic E-state index is 0.946. The van der Waals surface area contributed by atoms with E-state index in [4.69, 9.17) is 0 Å². The van der Waals surface area contributed by atoms with E-state index in [1.54, 1.807) is 11.3 Å². The predicted molar refractivity (Wildman–Crippen MR) is 89.0 cm³/mol. The van der Waals surface area contributed by atoms with Crippen LogP contribution in [0.15, 0.2) is 35.0 Å². The van der Waals surface area contributed by atoms with E-state index < -0.39 is 8.07 Å². The van der Waals surface area contributed by atoms with Gasteiger partial charge in [0.05, 0.1) is 8.07 Å². The summed E-state index contributed by atoms with van der Waals surface area (Å²) >= 11 is 1.78. The minimum atomic E-state index is -1.16. The standard InChI is InChI=1S/C16H23NSSi/c1-13-11-18-12-15(13)10-17-9-14-5-7-16(8-6-14)19(2,3)4/h5-8,11-12,17H,9-10H2,1-4H3. The normalized spacial score (nSPS) is 11.8. The van der Waals surface area contributed by atoms with Crippen molar-refractivity contribution in [3.63, 3.8) is 0 Å². The Balaban J connectivity index is 1.89. The van der Waals surface area contributed by atoms with E-state index in [1.165, 1.54) is 21.9 Å². The molecule has 102 valence electrons. The molecule has 0 aliphatic rings. The summed E-state index contributed by atoms with van der Waals surface area (Å²) in [6, 6.07) is 9.14. The molecule has 0 atom stereocenters. The molecule has 3 heteroatoms. The van der Waals surface area contributed by atoms with Crippen LogP contribution in [0.2, 0.25) is 19.6 Å². The molecule has 19 heavy (non-hydrogen) atoms. The van der Waals surface area contributed by atoms with Gasteiger partial charge in [0.15, 0.2) is 0 Å². The van der Waals surface area contributed by atoms with Crippen molar-refractivity contribution >= 4 is 24.6 Å². The molecule has 1 N–H and O–H groups in total. The van der Waals surface area contributed by atoms with E-state index in [0.29, 0.717) is 0 Å². The molecule has 0 spiro atoms. The molecule has 0 saturated carbocycles. The first kappa shape index (κ1) is 14.5. The fraction of sp³-hybridized carbons (Fsp3) is 0.375. The van der Waals surface area contributed by atoms with Gasteiger partial charge >= 0.3 is 0 Å². The number of hydrogen-bond donors (Lipinski definition) is 1. The molecule has 0 aliphatic heterocycles. The molecule has 1 nitrogen and oxygen atoms in total. The van der Waals surface area contributed by atoms with Crippen LogP contribution in [0.1, 0.15) is 16.7 Å². The highest BCUT2D eigenvalue weighted by molar-refractivity contribution is 7.08. The summed E-state index contributed by atoms with van der Waals surface area (Å²) in [7, 11) is -1.16. The van der Waals surface area contributed by atoms with Crippen LogP contribution in [-0.4, -0.2) is 8.07 Å². The van der Waals surface area contributed by atoms with Gasteiger partial charge in [0.1, 0.15) is 0 Å². The smallest absolute Gasteiger partial charge is 0.0775 e. The fourth-order valence-corrected chi connectivity index (χ4v) is 4.06. The Labute approximate surface area is 121 Å². The zero-order valence-corrected chi connectivity index (χ0v) is 14.1. The van der Waals surface area contributed by atoms with Crippen molar-refractivity contribution in [3.8, 4) is 0 Å². The molecule has 0 saturated heterocycles. The molecule has 0 unspecified atom stereocenters. The average molecular weight is 290 g/mol. The van der Waals surface area contributed by atoms with Gasteiger partial charge in [0, 0.05) is 13.1 Å². The van der Waals surface area contributed by atoms with E-state index >= 15 is 0 Å². The summed E-state index contributed by atoms with van der Waals surface area (Å²) in [6.45, 7) is 11.3. The second-order valence-electron chi connectivity index (χ2n) is 6.13. The maximum atomic E-state index is 3.52. The first-order valence-corrected chi connectivity index (χ1v) is 11.2. The van der Waals surface area contributed by atoms with E-state index in [-0.39, 0.29) is 0 Å². The summed E-state index contributed by atoms with van der Waals surface area (Å²) in [5, 5.41) is 9.49. The third-order valence-electron chi connectivity index (χ3n) is 3.43. The van der Waals surface area contributed by atoms with Crippen molar-refractivity contribution in [1.29, 1.82) is 0 Å². The molecule has 0 bridgehead atoms. The lowest BCUT2D eigenvalue weighted by Crippen LogP contribution is -2.37. The Morgan fingerprint density at radius 3 is 2.21 bits per heavy atom. The average Bonchev–Trinajstić information content (AvgIpc) is 2.75. The van der Waals surface area contributed by atoms with Gasteiger partial charge in [-0.15, -0.1) is 0 Å². The van der Waals surface area contributed by atoms with Crippen LogP contribution in [0.25, 0.3) is 0 Å². The summed E-state index contributed by atoms with van der Waals surface area (Å²) in [6.07, 6.45) is 0. The van der Waals surface area contributed by atoms with Gasteiger partial charge in [-0.25, -0.2) is 0 Å². The number of nitrogens with one attached hydrogen (secondary N) is 1. The third kappa shape index (κ3) is 4.03. The van der Waals surface area contributed by atoms with Crippen molar-refractivity contribution in [2.75, 3.05) is 0 Å². The van der Waals surface area contributed by atoms with Crippen LogP contribution in [0.4, 0.5) is 0 Å². The van der Waals surface area contributed by atoms with E-state index in [1.807, 2.05) is 0 Å². The van der Waals surface area contributed by atoms with Crippen molar-refractivity contribution in [2.24, 2.45) is 0 Å². The highest BCUT2D eigenvalue weighted by atomic mass is 32.1. The highest BCUT2D eigenvalue weighted by Gasteiger charge is 2.15. The van der Waals surface area contributed by atoms with E-state index in [9.17, 15) is 0 Å². The van der Waals surface area contributed by atoms with Crippen LogP contribution in [0.3, 0.4) is 0 Å². The van der Waals surface area contributed by atoms with Crippen LogP contribution in [0.5, 0.6) is 0 Å². The lowest BCUT2D eigenvalue weighted by atomic mass is 10.2. The van der Waals surface area contributed by atoms with Crippen molar-refractivity contribution in [1.82, 2.24) is 5.32 Å². The molecule has 0 aliphatic carbocycles. The lowest BCUT2D eigenvalue weighted by Gasteiger charge is -2.16. The molecule has 1 aromatic carbocycles. The molecule has 0 fully saturated rings. The molecule has 0 radical (unpaired) electrons. The SMILES string of the molecule is Cc1cscc1CNCc1ccc([Si](C)(C)C)cc1. The first-order valence-electron chi connectivity index (χ1n) is 6.78. The zero-order valence-electron chi connectivity index (χ0n) is 12.3. The van der Waals surface area contributed by atoms with Crippen molar-refractivity contribution in [2.45, 2.75) is 39.7 Å². The van der Waals surface area contributed by atoms with Crippen molar-refractivity contribution < 1.29 is 0 Å². The second-order valence-corrected chi connectivity index (χ2v) is 12.0. The van der Waals surface area contributed by atoms with Crippen LogP contribution in [0, 0.1) is 6.92 Å². The Morgan fingerprint density at radius 1 is 1.00 bits per heavy atom. The van der Waals surface area contributed by atoms with Gasteiger partial charge in [-0.3, -0.25) is 0 Å². The van der Waals surface area contributed by atoms with Gasteiger partial charge in [-0.1, -0.05) is 49.1 Å². The Hall–Kier alpha value is -0.903. The second kappa shape index (κ2) is 6.03. The Bertz CT molecular complexity index is 522. The third-order valence-corrected chi connectivity index (χ3v) is 6.40. The van der Waals surface area contributed by atoms with Gasteiger partial charge < -0.3 is 5.32 Å². The molecule has 2 rings (SSSR count). The fourth-order valence-electron chi connectivity index (χ4n) is 2.03. The molecular formula is C16H23NSSi. The Kier molecular flexibility index (Phi) is 4.61. The number of benzene rings is 1. The molecule has 0 amide bonds. The molecular weight excluding hydrogens is 266 g/mol. The summed E-state index contributed by atoms with van der Waals surface area (Å²) in [4.78, 5) is 0. The van der Waals surface area contributed by atoms with Gasteiger partial charge in [0.25, 0.3) is 0 Å². The molecule has 1 aromatic heterocycles. The lowest BCUT2D eigenvalue weighted by molar-refractivity contribution is 0.692. The van der Waals surface area contributed by atoms with Crippen molar-refractivity contribution in [3.05, 3.63) is 51.7 Å². The Morgan fingerprint density at radius 2 is 1.68 bits per heavy atom. The molecule has 2 aromatic rings. The number of aryl methyl sites for hydroxylation is 1.